The highest BCUT2D eigenvalue weighted by molar-refractivity contribution is 6.30. The SMILES string of the molecule is O=c1[nH]c2ccccc2nc1/C=C/c1ccc(-c2ccc(Cl)cc2[N+](=O)[O-])o1. The maximum absolute atomic E-state index is 12.1. The summed E-state index contributed by atoms with van der Waals surface area (Å²) in [4.78, 5) is 30.0. The van der Waals surface area contributed by atoms with Crippen molar-refractivity contribution in [1.82, 2.24) is 9.97 Å². The minimum atomic E-state index is -0.516. The Hall–Kier alpha value is -3.71. The van der Waals surface area contributed by atoms with Crippen LogP contribution < -0.4 is 5.56 Å². The van der Waals surface area contributed by atoms with E-state index >= 15 is 0 Å². The molecule has 0 aliphatic heterocycles. The number of hydrogen-bond donors (Lipinski definition) is 1. The lowest BCUT2D eigenvalue weighted by molar-refractivity contribution is -0.384. The monoisotopic (exact) mass is 393 g/mol. The number of furan rings is 1. The molecule has 0 aliphatic rings. The van der Waals surface area contributed by atoms with Crippen LogP contribution in [-0.4, -0.2) is 14.9 Å². The van der Waals surface area contributed by atoms with Crippen LogP contribution in [0.1, 0.15) is 11.5 Å². The van der Waals surface area contributed by atoms with Crippen LogP contribution in [-0.2, 0) is 0 Å². The summed E-state index contributed by atoms with van der Waals surface area (Å²) in [6.07, 6.45) is 3.11. The van der Waals surface area contributed by atoms with Gasteiger partial charge in [-0.3, -0.25) is 14.9 Å². The van der Waals surface area contributed by atoms with Gasteiger partial charge in [-0.05, 0) is 48.6 Å². The molecule has 0 radical (unpaired) electrons. The van der Waals surface area contributed by atoms with E-state index < -0.39 is 4.92 Å². The number of halogens is 1. The summed E-state index contributed by atoms with van der Waals surface area (Å²) in [6.45, 7) is 0. The molecule has 0 saturated carbocycles. The predicted molar refractivity (Wildman–Crippen MR) is 107 cm³/mol. The van der Waals surface area contributed by atoms with Crippen molar-refractivity contribution in [2.75, 3.05) is 0 Å². The van der Waals surface area contributed by atoms with Gasteiger partial charge in [-0.15, -0.1) is 0 Å². The van der Waals surface area contributed by atoms with Crippen molar-refractivity contribution in [3.05, 3.63) is 91.5 Å². The van der Waals surface area contributed by atoms with Gasteiger partial charge in [0.05, 0.1) is 21.5 Å². The number of nitrogens with zero attached hydrogens (tertiary/aromatic N) is 2. The molecule has 28 heavy (non-hydrogen) atoms. The number of hydrogen-bond acceptors (Lipinski definition) is 5. The number of fused-ring (bicyclic) bond motifs is 1. The maximum atomic E-state index is 12.1. The number of rotatable bonds is 4. The first-order chi connectivity index (χ1) is 13.5. The molecule has 2 aromatic carbocycles. The van der Waals surface area contributed by atoms with Gasteiger partial charge in [-0.25, -0.2) is 4.98 Å². The molecular weight excluding hydrogens is 382 g/mol. The van der Waals surface area contributed by atoms with Crippen LogP contribution in [0.5, 0.6) is 0 Å². The lowest BCUT2D eigenvalue weighted by Gasteiger charge is -2.00. The molecule has 1 N–H and O–H groups in total. The third-order valence-corrected chi connectivity index (χ3v) is 4.32. The fraction of sp³-hybridized carbons (Fsp3) is 0. The summed E-state index contributed by atoms with van der Waals surface area (Å²) in [6, 6.07) is 14.8. The van der Waals surface area contributed by atoms with E-state index in [-0.39, 0.29) is 22.0 Å². The van der Waals surface area contributed by atoms with E-state index in [9.17, 15) is 14.9 Å². The van der Waals surface area contributed by atoms with Gasteiger partial charge < -0.3 is 9.40 Å². The summed E-state index contributed by atoms with van der Waals surface area (Å²) < 4.78 is 5.68. The first kappa shape index (κ1) is 17.7. The number of nitro groups is 1. The van der Waals surface area contributed by atoms with E-state index in [0.717, 1.165) is 0 Å². The minimum absolute atomic E-state index is 0.148. The first-order valence-corrected chi connectivity index (χ1v) is 8.60. The quantitative estimate of drug-likeness (QED) is 0.392. The van der Waals surface area contributed by atoms with Crippen LogP contribution in [0, 0.1) is 10.1 Å². The van der Waals surface area contributed by atoms with Gasteiger partial charge in [0.2, 0.25) is 0 Å². The summed E-state index contributed by atoms with van der Waals surface area (Å²) in [7, 11) is 0. The third-order valence-electron chi connectivity index (χ3n) is 4.08. The molecule has 7 nitrogen and oxygen atoms in total. The lowest BCUT2D eigenvalue weighted by atomic mass is 10.1. The molecule has 0 bridgehead atoms. The molecule has 0 spiro atoms. The van der Waals surface area contributed by atoms with E-state index in [0.29, 0.717) is 28.1 Å². The molecule has 0 unspecified atom stereocenters. The van der Waals surface area contributed by atoms with Crippen LogP contribution in [0.3, 0.4) is 0 Å². The third kappa shape index (κ3) is 3.43. The number of aromatic nitrogens is 2. The average Bonchev–Trinajstić information content (AvgIpc) is 3.15. The normalized spacial score (nSPS) is 11.3. The van der Waals surface area contributed by atoms with E-state index in [2.05, 4.69) is 9.97 Å². The Morgan fingerprint density at radius 1 is 1.11 bits per heavy atom. The summed E-state index contributed by atoms with van der Waals surface area (Å²) in [5, 5.41) is 11.5. The van der Waals surface area contributed by atoms with E-state index in [1.54, 1.807) is 36.4 Å². The number of para-hydroxylation sites is 2. The van der Waals surface area contributed by atoms with Gasteiger partial charge >= 0.3 is 0 Å². The minimum Gasteiger partial charge on any atom is -0.456 e. The first-order valence-electron chi connectivity index (χ1n) is 8.22. The second-order valence-corrected chi connectivity index (χ2v) is 6.36. The number of benzene rings is 2. The Morgan fingerprint density at radius 2 is 1.93 bits per heavy atom. The van der Waals surface area contributed by atoms with Crippen molar-refractivity contribution in [2.45, 2.75) is 0 Å². The van der Waals surface area contributed by atoms with Crippen LogP contribution >= 0.6 is 11.6 Å². The van der Waals surface area contributed by atoms with Crippen LogP contribution in [0.25, 0.3) is 34.5 Å². The molecule has 4 rings (SSSR count). The van der Waals surface area contributed by atoms with E-state index in [1.165, 1.54) is 18.2 Å². The van der Waals surface area contributed by atoms with Crippen molar-refractivity contribution in [1.29, 1.82) is 0 Å². The smallest absolute Gasteiger partial charge is 0.281 e. The molecule has 0 amide bonds. The summed E-state index contributed by atoms with van der Waals surface area (Å²) in [5.41, 5.74) is 1.39. The predicted octanol–water partition coefficient (Wildman–Crippen LogP) is 4.92. The van der Waals surface area contributed by atoms with Gasteiger partial charge in [0.15, 0.2) is 0 Å². The average molecular weight is 394 g/mol. The zero-order valence-electron chi connectivity index (χ0n) is 14.3. The van der Waals surface area contributed by atoms with Crippen molar-refractivity contribution < 1.29 is 9.34 Å². The molecular formula is C20H12ClN3O4. The highest BCUT2D eigenvalue weighted by atomic mass is 35.5. The molecule has 0 saturated heterocycles. The van der Waals surface area contributed by atoms with Crippen molar-refractivity contribution in [2.24, 2.45) is 0 Å². The van der Waals surface area contributed by atoms with Crippen molar-refractivity contribution in [3.63, 3.8) is 0 Å². The largest absolute Gasteiger partial charge is 0.456 e. The van der Waals surface area contributed by atoms with Crippen molar-refractivity contribution in [3.8, 4) is 11.3 Å². The summed E-state index contributed by atoms with van der Waals surface area (Å²) in [5.74, 6) is 0.747. The second-order valence-electron chi connectivity index (χ2n) is 5.92. The Labute approximate surface area is 163 Å². The molecule has 0 aliphatic carbocycles. The van der Waals surface area contributed by atoms with Crippen molar-refractivity contribution >= 4 is 40.5 Å². The van der Waals surface area contributed by atoms with Crippen LogP contribution in [0.15, 0.2) is 63.8 Å². The standard InChI is InChI=1S/C20H12ClN3O4/c21-12-5-8-14(18(11-12)24(26)27)19-10-7-13(28-19)6-9-17-20(25)23-16-4-2-1-3-15(16)22-17/h1-11H,(H,23,25)/b9-6+. The summed E-state index contributed by atoms with van der Waals surface area (Å²) >= 11 is 5.84. The molecule has 2 heterocycles. The van der Waals surface area contributed by atoms with Crippen LogP contribution in [0.2, 0.25) is 5.02 Å². The number of nitro benzene ring substituents is 1. The maximum Gasteiger partial charge on any atom is 0.281 e. The topological polar surface area (TPSA) is 102 Å². The molecule has 2 aromatic heterocycles. The van der Waals surface area contributed by atoms with Crippen LogP contribution in [0.4, 0.5) is 5.69 Å². The fourth-order valence-electron chi connectivity index (χ4n) is 2.77. The Kier molecular flexibility index (Phi) is 4.50. The number of nitrogens with one attached hydrogen (secondary N) is 1. The molecule has 4 aromatic rings. The lowest BCUT2D eigenvalue weighted by Crippen LogP contribution is -2.11. The molecule has 8 heteroatoms. The van der Waals surface area contributed by atoms with Gasteiger partial charge in [-0.2, -0.15) is 0 Å². The molecule has 0 atom stereocenters. The van der Waals surface area contributed by atoms with Gasteiger partial charge in [0.25, 0.3) is 11.2 Å². The zero-order valence-corrected chi connectivity index (χ0v) is 15.0. The van der Waals surface area contributed by atoms with E-state index in [1.807, 2.05) is 12.1 Å². The number of H-pyrrole nitrogens is 1. The van der Waals surface area contributed by atoms with Gasteiger partial charge in [0.1, 0.15) is 17.2 Å². The van der Waals surface area contributed by atoms with E-state index in [4.69, 9.17) is 16.0 Å². The number of aromatic amines is 1. The Bertz CT molecular complexity index is 1290. The van der Waals surface area contributed by atoms with Gasteiger partial charge in [0, 0.05) is 11.1 Å². The fourth-order valence-corrected chi connectivity index (χ4v) is 2.94. The Balaban J connectivity index is 1.67. The second kappa shape index (κ2) is 7.13. The molecule has 138 valence electrons. The Morgan fingerprint density at radius 3 is 2.75 bits per heavy atom. The van der Waals surface area contributed by atoms with Gasteiger partial charge in [-0.1, -0.05) is 23.7 Å². The zero-order chi connectivity index (χ0) is 19.7. The highest BCUT2D eigenvalue weighted by Crippen LogP contribution is 2.33. The highest BCUT2D eigenvalue weighted by Gasteiger charge is 2.18. The molecule has 0 fully saturated rings.